The summed E-state index contributed by atoms with van der Waals surface area (Å²) >= 11 is 3.34. The first kappa shape index (κ1) is 10.6. The number of nitrogens with two attached hydrogens (primary N) is 1. The van der Waals surface area contributed by atoms with Crippen molar-refractivity contribution in [2.75, 3.05) is 0 Å². The molecule has 0 aromatic heterocycles. The topological polar surface area (TPSA) is 69.2 Å². The van der Waals surface area contributed by atoms with E-state index >= 15 is 0 Å². The normalized spacial score (nSPS) is 18.3. The van der Waals surface area contributed by atoms with E-state index in [2.05, 4.69) is 15.9 Å². The van der Waals surface area contributed by atoms with Gasteiger partial charge in [0.25, 0.3) is 5.69 Å². The van der Waals surface area contributed by atoms with Crippen LogP contribution in [0.2, 0.25) is 0 Å². The summed E-state index contributed by atoms with van der Waals surface area (Å²) < 4.78 is 0.735. The number of nitro groups is 1. The minimum Gasteiger partial charge on any atom is -0.321 e. The maximum atomic E-state index is 10.6. The number of halogens is 1. The zero-order valence-electron chi connectivity index (χ0n) is 8.07. The lowest BCUT2D eigenvalue weighted by molar-refractivity contribution is -0.385. The Bertz CT molecular complexity index is 416. The van der Waals surface area contributed by atoms with Crippen molar-refractivity contribution in [2.24, 2.45) is 5.73 Å². The van der Waals surface area contributed by atoms with Crippen LogP contribution >= 0.6 is 15.9 Å². The zero-order valence-corrected chi connectivity index (χ0v) is 9.66. The molecule has 1 aromatic carbocycles. The number of nitro benzene ring substituents is 1. The largest absolute Gasteiger partial charge is 0.321 e. The molecule has 0 radical (unpaired) electrons. The molecule has 1 aliphatic rings. The van der Waals surface area contributed by atoms with Crippen molar-refractivity contribution in [3.63, 3.8) is 0 Å². The molecule has 0 atom stereocenters. The number of non-ortho nitro benzene ring substituents is 1. The van der Waals surface area contributed by atoms with Gasteiger partial charge in [-0.25, -0.2) is 0 Å². The molecule has 0 aliphatic heterocycles. The molecule has 2 rings (SSSR count). The van der Waals surface area contributed by atoms with Crippen LogP contribution in [0.1, 0.15) is 24.8 Å². The second-order valence-corrected chi connectivity index (χ2v) is 4.79. The van der Waals surface area contributed by atoms with Gasteiger partial charge in [0, 0.05) is 22.1 Å². The van der Waals surface area contributed by atoms with Gasteiger partial charge in [-0.15, -0.1) is 0 Å². The van der Waals surface area contributed by atoms with Crippen molar-refractivity contribution in [3.8, 4) is 0 Å². The van der Waals surface area contributed by atoms with Gasteiger partial charge < -0.3 is 5.73 Å². The van der Waals surface area contributed by atoms with Crippen LogP contribution in [0.5, 0.6) is 0 Å². The molecule has 0 amide bonds. The number of hydrogen-bond acceptors (Lipinski definition) is 3. The summed E-state index contributed by atoms with van der Waals surface area (Å²) in [5, 5.41) is 10.6. The summed E-state index contributed by atoms with van der Waals surface area (Å²) in [6.45, 7) is 0. The van der Waals surface area contributed by atoms with Crippen LogP contribution in [0.15, 0.2) is 22.7 Å². The highest BCUT2D eigenvalue weighted by molar-refractivity contribution is 9.10. The van der Waals surface area contributed by atoms with E-state index in [1.54, 1.807) is 6.07 Å². The Morgan fingerprint density at radius 3 is 2.53 bits per heavy atom. The molecule has 2 N–H and O–H groups in total. The van der Waals surface area contributed by atoms with Gasteiger partial charge >= 0.3 is 0 Å². The van der Waals surface area contributed by atoms with Crippen molar-refractivity contribution in [1.29, 1.82) is 0 Å². The molecule has 1 aliphatic carbocycles. The van der Waals surface area contributed by atoms with Crippen LogP contribution in [-0.4, -0.2) is 4.92 Å². The van der Waals surface area contributed by atoms with Gasteiger partial charge in [-0.05, 0) is 30.9 Å². The Balaban J connectivity index is 2.38. The first-order chi connectivity index (χ1) is 7.03. The Labute approximate surface area is 95.7 Å². The van der Waals surface area contributed by atoms with Crippen LogP contribution < -0.4 is 5.73 Å². The van der Waals surface area contributed by atoms with Crippen molar-refractivity contribution in [2.45, 2.75) is 24.8 Å². The number of rotatable bonds is 2. The molecule has 0 heterocycles. The predicted octanol–water partition coefficient (Wildman–Crippen LogP) is 2.70. The third-order valence-corrected chi connectivity index (χ3v) is 3.60. The molecule has 1 aromatic rings. The SMILES string of the molecule is NC1(c2ccc([N+](=O)[O-])cc2Br)CCC1. The van der Waals surface area contributed by atoms with Gasteiger partial charge in [-0.1, -0.05) is 15.9 Å². The molecule has 5 heteroatoms. The molecule has 4 nitrogen and oxygen atoms in total. The van der Waals surface area contributed by atoms with Gasteiger partial charge in [0.2, 0.25) is 0 Å². The Morgan fingerprint density at radius 1 is 1.47 bits per heavy atom. The van der Waals surface area contributed by atoms with E-state index < -0.39 is 4.92 Å². The minimum atomic E-state index is -0.404. The molecule has 1 fully saturated rings. The third-order valence-electron chi connectivity index (χ3n) is 2.95. The summed E-state index contributed by atoms with van der Waals surface area (Å²) in [6.07, 6.45) is 3.02. The average molecular weight is 271 g/mol. The van der Waals surface area contributed by atoms with Gasteiger partial charge in [-0.2, -0.15) is 0 Å². The lowest BCUT2D eigenvalue weighted by atomic mass is 9.73. The first-order valence-electron chi connectivity index (χ1n) is 4.76. The van der Waals surface area contributed by atoms with Crippen molar-refractivity contribution < 1.29 is 4.92 Å². The fraction of sp³-hybridized carbons (Fsp3) is 0.400. The second-order valence-electron chi connectivity index (χ2n) is 3.93. The fourth-order valence-corrected chi connectivity index (χ4v) is 2.61. The summed E-state index contributed by atoms with van der Waals surface area (Å²) in [5.74, 6) is 0. The van der Waals surface area contributed by atoms with Crippen LogP contribution in [0.25, 0.3) is 0 Å². The average Bonchev–Trinajstić information content (AvgIpc) is 2.14. The quantitative estimate of drug-likeness (QED) is 0.664. The number of hydrogen-bond donors (Lipinski definition) is 1. The molecular formula is C10H11BrN2O2. The third kappa shape index (κ3) is 1.77. The Kier molecular flexibility index (Phi) is 2.52. The van der Waals surface area contributed by atoms with E-state index in [9.17, 15) is 10.1 Å². The molecule has 1 saturated carbocycles. The second kappa shape index (κ2) is 3.57. The van der Waals surface area contributed by atoms with Crippen molar-refractivity contribution >= 4 is 21.6 Å². The molecule has 80 valence electrons. The first-order valence-corrected chi connectivity index (χ1v) is 5.55. The van der Waals surface area contributed by atoms with Gasteiger partial charge in [0.1, 0.15) is 0 Å². The maximum Gasteiger partial charge on any atom is 0.270 e. The summed E-state index contributed by atoms with van der Waals surface area (Å²) in [4.78, 5) is 10.1. The highest BCUT2D eigenvalue weighted by Crippen LogP contribution is 2.42. The van der Waals surface area contributed by atoms with E-state index in [1.165, 1.54) is 12.1 Å². The highest BCUT2D eigenvalue weighted by atomic mass is 79.9. The van der Waals surface area contributed by atoms with Crippen LogP contribution in [0.3, 0.4) is 0 Å². The Morgan fingerprint density at radius 2 is 2.13 bits per heavy atom. The molecule has 15 heavy (non-hydrogen) atoms. The number of benzene rings is 1. The van der Waals surface area contributed by atoms with E-state index in [4.69, 9.17) is 5.73 Å². The van der Waals surface area contributed by atoms with Crippen LogP contribution in [-0.2, 0) is 5.54 Å². The van der Waals surface area contributed by atoms with Gasteiger partial charge in [-0.3, -0.25) is 10.1 Å². The lowest BCUT2D eigenvalue weighted by Crippen LogP contribution is -2.43. The summed E-state index contributed by atoms with van der Waals surface area (Å²) in [7, 11) is 0. The minimum absolute atomic E-state index is 0.0912. The molecular weight excluding hydrogens is 260 g/mol. The maximum absolute atomic E-state index is 10.6. The fourth-order valence-electron chi connectivity index (χ4n) is 1.85. The monoisotopic (exact) mass is 270 g/mol. The van der Waals surface area contributed by atoms with Gasteiger partial charge in [0.05, 0.1) is 4.92 Å². The lowest BCUT2D eigenvalue weighted by Gasteiger charge is -2.39. The van der Waals surface area contributed by atoms with E-state index in [-0.39, 0.29) is 11.2 Å². The van der Waals surface area contributed by atoms with E-state index in [0.717, 1.165) is 29.3 Å². The molecule has 0 bridgehead atoms. The zero-order chi connectivity index (χ0) is 11.1. The van der Waals surface area contributed by atoms with E-state index in [1.807, 2.05) is 0 Å². The van der Waals surface area contributed by atoms with E-state index in [0.29, 0.717) is 0 Å². The number of nitrogens with zero attached hydrogens (tertiary/aromatic N) is 1. The summed E-state index contributed by atoms with van der Waals surface area (Å²) in [5.41, 5.74) is 6.93. The van der Waals surface area contributed by atoms with Crippen LogP contribution in [0.4, 0.5) is 5.69 Å². The van der Waals surface area contributed by atoms with Gasteiger partial charge in [0.15, 0.2) is 0 Å². The standard InChI is InChI=1S/C10H11BrN2O2/c11-9-6-7(13(14)15)2-3-8(9)10(12)4-1-5-10/h2-3,6H,1,4-5,12H2. The smallest absolute Gasteiger partial charge is 0.270 e. The van der Waals surface area contributed by atoms with Crippen LogP contribution in [0, 0.1) is 10.1 Å². The van der Waals surface area contributed by atoms with Crippen molar-refractivity contribution in [3.05, 3.63) is 38.3 Å². The van der Waals surface area contributed by atoms with Crippen molar-refractivity contribution in [1.82, 2.24) is 0 Å². The molecule has 0 saturated heterocycles. The molecule has 0 spiro atoms. The Hall–Kier alpha value is -0.940. The summed E-state index contributed by atoms with van der Waals surface area (Å²) in [6, 6.07) is 4.77. The highest BCUT2D eigenvalue weighted by Gasteiger charge is 2.36. The predicted molar refractivity (Wildman–Crippen MR) is 60.5 cm³/mol. The molecule has 0 unspecified atom stereocenters.